The molecule has 0 aliphatic rings. The summed E-state index contributed by atoms with van der Waals surface area (Å²) in [4.78, 5) is 0. The van der Waals surface area contributed by atoms with Gasteiger partial charge in [0.15, 0.2) is 0 Å². The van der Waals surface area contributed by atoms with Crippen LogP contribution in [0.2, 0.25) is 0 Å². The average Bonchev–Trinajstić information content (AvgIpc) is 2.20. The summed E-state index contributed by atoms with van der Waals surface area (Å²) < 4.78 is 5.45. The van der Waals surface area contributed by atoms with Crippen molar-refractivity contribution in [1.82, 2.24) is 0 Å². The Bertz CT molecular complexity index is 301. The first-order valence-corrected chi connectivity index (χ1v) is 4.64. The second-order valence-corrected chi connectivity index (χ2v) is 3.04. The van der Waals surface area contributed by atoms with Crippen molar-refractivity contribution in [2.45, 2.75) is 13.8 Å². The van der Waals surface area contributed by atoms with E-state index in [1.165, 1.54) is 5.01 Å². The monoisotopic (exact) mass is 195 g/mol. The van der Waals surface area contributed by atoms with Gasteiger partial charge >= 0.3 is 0 Å². The molecule has 1 aromatic rings. The topological polar surface area (TPSA) is 64.5 Å². The number of benzene rings is 1. The summed E-state index contributed by atoms with van der Waals surface area (Å²) >= 11 is 0. The summed E-state index contributed by atoms with van der Waals surface area (Å²) in [6, 6.07) is 5.78. The lowest BCUT2D eigenvalue weighted by Gasteiger charge is -2.17. The van der Waals surface area contributed by atoms with E-state index in [1.807, 2.05) is 32.0 Å². The molecule has 4 N–H and O–H groups in total. The van der Waals surface area contributed by atoms with Crippen LogP contribution in [0.15, 0.2) is 18.2 Å². The lowest BCUT2D eigenvalue weighted by molar-refractivity contribution is 0.338. The number of rotatable bonds is 4. The second kappa shape index (κ2) is 4.83. The molecule has 0 aliphatic heterocycles. The van der Waals surface area contributed by atoms with Crippen LogP contribution < -0.4 is 21.3 Å². The number of anilines is 1. The molecule has 0 spiro atoms. The molecule has 0 fully saturated rings. The number of nitrogens with two attached hydrogens (primary N) is 2. The van der Waals surface area contributed by atoms with Crippen LogP contribution in [-0.4, -0.2) is 13.3 Å². The van der Waals surface area contributed by atoms with Crippen molar-refractivity contribution >= 4 is 5.69 Å². The summed E-state index contributed by atoms with van der Waals surface area (Å²) in [6.45, 7) is 4.89. The van der Waals surface area contributed by atoms with Crippen molar-refractivity contribution in [3.05, 3.63) is 23.8 Å². The van der Waals surface area contributed by atoms with Crippen molar-refractivity contribution in [2.75, 3.05) is 18.3 Å². The summed E-state index contributed by atoms with van der Waals surface area (Å²) in [5.74, 6) is 6.52. The van der Waals surface area contributed by atoms with Crippen LogP contribution in [-0.2, 0) is 0 Å². The van der Waals surface area contributed by atoms with Crippen LogP contribution in [0, 0.1) is 6.92 Å². The number of nitrogens with zero attached hydrogens (tertiary/aromatic N) is 1. The highest BCUT2D eigenvalue weighted by molar-refractivity contribution is 5.52. The van der Waals surface area contributed by atoms with Gasteiger partial charge in [0.1, 0.15) is 5.75 Å². The highest BCUT2D eigenvalue weighted by Gasteiger charge is 2.03. The molecule has 1 aromatic carbocycles. The number of hydrogen-bond acceptors (Lipinski definition) is 4. The maximum atomic E-state index is 5.66. The molecule has 4 heteroatoms. The molecule has 0 radical (unpaired) electrons. The fourth-order valence-electron chi connectivity index (χ4n) is 1.18. The molecule has 0 aliphatic carbocycles. The summed E-state index contributed by atoms with van der Waals surface area (Å²) in [7, 11) is 0. The van der Waals surface area contributed by atoms with Crippen LogP contribution in [0.1, 0.15) is 12.5 Å². The number of ether oxygens (including phenoxy) is 1. The highest BCUT2D eigenvalue weighted by Crippen LogP contribution is 2.23. The lowest BCUT2D eigenvalue weighted by atomic mass is 10.2. The van der Waals surface area contributed by atoms with Gasteiger partial charge in [0, 0.05) is 6.07 Å². The van der Waals surface area contributed by atoms with E-state index in [-0.39, 0.29) is 6.67 Å². The zero-order chi connectivity index (χ0) is 10.6. The maximum Gasteiger partial charge on any atom is 0.124 e. The normalized spacial score (nSPS) is 10.0. The van der Waals surface area contributed by atoms with Gasteiger partial charge in [-0.1, -0.05) is 6.07 Å². The zero-order valence-corrected chi connectivity index (χ0v) is 8.66. The van der Waals surface area contributed by atoms with E-state index in [4.69, 9.17) is 16.3 Å². The first-order chi connectivity index (χ1) is 6.69. The molecule has 0 unspecified atom stereocenters. The third kappa shape index (κ3) is 2.37. The molecule has 0 heterocycles. The molecule has 0 amide bonds. The van der Waals surface area contributed by atoms with Crippen molar-refractivity contribution in [3.8, 4) is 5.75 Å². The number of hydrogen-bond donors (Lipinski definition) is 2. The average molecular weight is 195 g/mol. The summed E-state index contributed by atoms with van der Waals surface area (Å²) in [6.07, 6.45) is 0. The first-order valence-electron chi connectivity index (χ1n) is 4.64. The van der Waals surface area contributed by atoms with E-state index in [2.05, 4.69) is 0 Å². The Labute approximate surface area is 84.4 Å². The SMILES string of the molecule is CCOc1cc(N(N)CN)ccc1C. The molecule has 0 saturated heterocycles. The van der Waals surface area contributed by atoms with Gasteiger partial charge in [-0.15, -0.1) is 0 Å². The van der Waals surface area contributed by atoms with E-state index in [0.717, 1.165) is 17.0 Å². The van der Waals surface area contributed by atoms with E-state index in [0.29, 0.717) is 6.61 Å². The Hall–Kier alpha value is -1.26. The van der Waals surface area contributed by atoms with Crippen LogP contribution in [0.5, 0.6) is 5.75 Å². The van der Waals surface area contributed by atoms with Crippen molar-refractivity contribution < 1.29 is 4.74 Å². The van der Waals surface area contributed by atoms with Gasteiger partial charge in [-0.2, -0.15) is 0 Å². The summed E-state index contributed by atoms with van der Waals surface area (Å²) in [5.41, 5.74) is 7.39. The van der Waals surface area contributed by atoms with Gasteiger partial charge in [0.2, 0.25) is 0 Å². The summed E-state index contributed by atoms with van der Waals surface area (Å²) in [5, 5.41) is 1.47. The van der Waals surface area contributed by atoms with E-state index in [1.54, 1.807) is 0 Å². The molecular formula is C10H17N3O. The van der Waals surface area contributed by atoms with Crippen molar-refractivity contribution in [1.29, 1.82) is 0 Å². The Morgan fingerprint density at radius 1 is 1.43 bits per heavy atom. The van der Waals surface area contributed by atoms with Gasteiger partial charge in [-0.25, -0.2) is 5.84 Å². The van der Waals surface area contributed by atoms with E-state index >= 15 is 0 Å². The maximum absolute atomic E-state index is 5.66. The second-order valence-electron chi connectivity index (χ2n) is 3.04. The van der Waals surface area contributed by atoms with Crippen LogP contribution >= 0.6 is 0 Å². The molecular weight excluding hydrogens is 178 g/mol. The molecule has 0 bridgehead atoms. The zero-order valence-electron chi connectivity index (χ0n) is 8.66. The third-order valence-electron chi connectivity index (χ3n) is 2.00. The Morgan fingerprint density at radius 3 is 2.71 bits per heavy atom. The van der Waals surface area contributed by atoms with E-state index in [9.17, 15) is 0 Å². The quantitative estimate of drug-likeness (QED) is 0.427. The number of hydrazine groups is 1. The fourth-order valence-corrected chi connectivity index (χ4v) is 1.18. The van der Waals surface area contributed by atoms with Gasteiger partial charge in [-0.3, -0.25) is 5.01 Å². The molecule has 14 heavy (non-hydrogen) atoms. The van der Waals surface area contributed by atoms with E-state index < -0.39 is 0 Å². The Morgan fingerprint density at radius 2 is 2.14 bits per heavy atom. The Kier molecular flexibility index (Phi) is 3.73. The minimum Gasteiger partial charge on any atom is -0.494 e. The van der Waals surface area contributed by atoms with Crippen LogP contribution in [0.3, 0.4) is 0 Å². The van der Waals surface area contributed by atoms with Gasteiger partial charge in [0.05, 0.1) is 19.0 Å². The molecule has 1 rings (SSSR count). The first kappa shape index (κ1) is 10.8. The van der Waals surface area contributed by atoms with Crippen molar-refractivity contribution in [3.63, 3.8) is 0 Å². The smallest absolute Gasteiger partial charge is 0.124 e. The lowest BCUT2D eigenvalue weighted by Crippen LogP contribution is -2.36. The standard InChI is InChI=1S/C10H17N3O/c1-3-14-10-6-9(13(12)7-11)5-4-8(10)2/h4-6H,3,7,11-12H2,1-2H3. The van der Waals surface area contributed by atoms with Gasteiger partial charge in [-0.05, 0) is 25.5 Å². The minimum absolute atomic E-state index is 0.286. The molecule has 78 valence electrons. The van der Waals surface area contributed by atoms with Crippen LogP contribution in [0.25, 0.3) is 0 Å². The Balaban J connectivity index is 2.93. The fraction of sp³-hybridized carbons (Fsp3) is 0.400. The number of aryl methyl sites for hydroxylation is 1. The molecule has 0 atom stereocenters. The minimum atomic E-state index is 0.286. The molecule has 0 saturated carbocycles. The molecule has 4 nitrogen and oxygen atoms in total. The predicted octanol–water partition coefficient (Wildman–Crippen LogP) is 0.990. The van der Waals surface area contributed by atoms with Crippen molar-refractivity contribution in [2.24, 2.45) is 11.6 Å². The third-order valence-corrected chi connectivity index (χ3v) is 2.00. The largest absolute Gasteiger partial charge is 0.494 e. The highest BCUT2D eigenvalue weighted by atomic mass is 16.5. The molecule has 0 aromatic heterocycles. The predicted molar refractivity (Wildman–Crippen MR) is 58.1 cm³/mol. The van der Waals surface area contributed by atoms with Gasteiger partial charge in [0.25, 0.3) is 0 Å². The van der Waals surface area contributed by atoms with Gasteiger partial charge < -0.3 is 10.5 Å². The van der Waals surface area contributed by atoms with Crippen LogP contribution in [0.4, 0.5) is 5.69 Å².